The van der Waals surface area contributed by atoms with Crippen LogP contribution in [0.1, 0.15) is 12.5 Å². The van der Waals surface area contributed by atoms with Gasteiger partial charge in [-0.1, -0.05) is 36.4 Å². The number of amides is 2. The molecule has 0 fully saturated rings. The fraction of sp³-hybridized carbons (Fsp3) is 0.238. The van der Waals surface area contributed by atoms with E-state index in [1.165, 1.54) is 0 Å². The van der Waals surface area contributed by atoms with Crippen LogP contribution >= 0.6 is 0 Å². The van der Waals surface area contributed by atoms with Crippen molar-refractivity contribution in [1.29, 1.82) is 0 Å². The second-order valence-electron chi connectivity index (χ2n) is 5.94. The predicted octanol–water partition coefficient (Wildman–Crippen LogP) is 3.85. The molecule has 134 valence electrons. The molecule has 0 spiro atoms. The summed E-state index contributed by atoms with van der Waals surface area (Å²) in [5.74, 6) is 0.774. The second kappa shape index (κ2) is 8.85. The average molecular weight is 349 g/mol. The number of fused-ring (bicyclic) bond motifs is 1. The molecule has 1 heterocycles. The maximum Gasteiger partial charge on any atom is 0.317 e. The Morgan fingerprint density at radius 2 is 1.96 bits per heavy atom. The molecule has 0 aliphatic heterocycles. The summed E-state index contributed by atoms with van der Waals surface area (Å²) in [6.07, 6.45) is 1.77. The summed E-state index contributed by atoms with van der Waals surface area (Å²) >= 11 is 0. The molecular formula is C21H23N3O2. The maximum atomic E-state index is 12.3. The minimum atomic E-state index is -0.0809. The molecule has 26 heavy (non-hydrogen) atoms. The third-order valence-electron chi connectivity index (χ3n) is 4.11. The highest BCUT2D eigenvalue weighted by Gasteiger charge is 2.11. The first kappa shape index (κ1) is 17.7. The Balaban J connectivity index is 1.46. The van der Waals surface area contributed by atoms with Gasteiger partial charge in [0.25, 0.3) is 0 Å². The van der Waals surface area contributed by atoms with Crippen LogP contribution in [0.3, 0.4) is 0 Å². The molecule has 0 saturated heterocycles. The van der Waals surface area contributed by atoms with Gasteiger partial charge in [-0.15, -0.1) is 0 Å². The number of rotatable bonds is 7. The lowest BCUT2D eigenvalue weighted by molar-refractivity contribution is 0.195. The van der Waals surface area contributed by atoms with Gasteiger partial charge >= 0.3 is 6.03 Å². The summed E-state index contributed by atoms with van der Waals surface area (Å²) in [4.78, 5) is 18.4. The predicted molar refractivity (Wildman–Crippen MR) is 103 cm³/mol. The molecule has 1 aromatic heterocycles. The number of aromatic nitrogens is 1. The summed E-state index contributed by atoms with van der Waals surface area (Å²) < 4.78 is 5.74. The minimum absolute atomic E-state index is 0.0809. The molecule has 0 saturated carbocycles. The normalized spacial score (nSPS) is 10.5. The first-order chi connectivity index (χ1) is 12.8. The summed E-state index contributed by atoms with van der Waals surface area (Å²) in [6, 6.07) is 19.6. The summed E-state index contributed by atoms with van der Waals surface area (Å²) in [7, 11) is 0. The van der Waals surface area contributed by atoms with Gasteiger partial charge < -0.3 is 15.0 Å². The number of carbonyl (C=O) groups excluding carboxylic acids is 1. The molecule has 2 amide bonds. The Bertz CT molecular complexity index is 852. The lowest BCUT2D eigenvalue weighted by Gasteiger charge is -2.21. The van der Waals surface area contributed by atoms with Crippen LogP contribution in [0.2, 0.25) is 0 Å². The molecule has 0 bridgehead atoms. The third-order valence-corrected chi connectivity index (χ3v) is 4.11. The van der Waals surface area contributed by atoms with Gasteiger partial charge in [-0.05, 0) is 36.8 Å². The van der Waals surface area contributed by atoms with Crippen molar-refractivity contribution in [2.75, 3.05) is 19.7 Å². The van der Waals surface area contributed by atoms with E-state index in [1.807, 2.05) is 67.6 Å². The van der Waals surface area contributed by atoms with Gasteiger partial charge in [0.2, 0.25) is 0 Å². The summed E-state index contributed by atoms with van der Waals surface area (Å²) in [6.45, 7) is 4.10. The van der Waals surface area contributed by atoms with Crippen LogP contribution in [0.15, 0.2) is 66.9 Å². The molecule has 1 N–H and O–H groups in total. The van der Waals surface area contributed by atoms with Gasteiger partial charge in [0.1, 0.15) is 12.4 Å². The zero-order chi connectivity index (χ0) is 18.2. The second-order valence-corrected chi connectivity index (χ2v) is 5.94. The molecule has 3 aromatic rings. The summed E-state index contributed by atoms with van der Waals surface area (Å²) in [5, 5.41) is 3.95. The van der Waals surface area contributed by atoms with E-state index in [0.717, 1.165) is 22.2 Å². The highest BCUT2D eigenvalue weighted by atomic mass is 16.5. The van der Waals surface area contributed by atoms with Crippen molar-refractivity contribution in [2.24, 2.45) is 0 Å². The first-order valence-corrected chi connectivity index (χ1v) is 8.80. The van der Waals surface area contributed by atoms with Crippen LogP contribution in [0.4, 0.5) is 4.79 Å². The zero-order valence-corrected chi connectivity index (χ0v) is 14.9. The summed E-state index contributed by atoms with van der Waals surface area (Å²) in [5.41, 5.74) is 2.05. The van der Waals surface area contributed by atoms with Gasteiger partial charge in [0.05, 0.1) is 12.1 Å². The highest BCUT2D eigenvalue weighted by Crippen LogP contribution is 2.18. The van der Waals surface area contributed by atoms with E-state index in [2.05, 4.69) is 10.3 Å². The van der Waals surface area contributed by atoms with E-state index in [1.54, 1.807) is 11.1 Å². The Labute approximate surface area is 153 Å². The Hall–Kier alpha value is -3.08. The highest BCUT2D eigenvalue weighted by molar-refractivity contribution is 5.79. The Morgan fingerprint density at radius 1 is 1.12 bits per heavy atom. The standard InChI is InChI=1S/C21H23N3O2/c1-2-24(16-17-7-4-3-5-8-17)21(25)23-13-14-26-19-10-11-20-18(15-19)9-6-12-22-20/h3-12,15H,2,13-14,16H2,1H3,(H,23,25). The molecule has 0 atom stereocenters. The topological polar surface area (TPSA) is 54.5 Å². The molecule has 5 heteroatoms. The fourth-order valence-electron chi connectivity index (χ4n) is 2.71. The minimum Gasteiger partial charge on any atom is -0.492 e. The van der Waals surface area contributed by atoms with E-state index in [-0.39, 0.29) is 6.03 Å². The van der Waals surface area contributed by atoms with Gasteiger partial charge in [-0.3, -0.25) is 4.98 Å². The first-order valence-electron chi connectivity index (χ1n) is 8.80. The van der Waals surface area contributed by atoms with E-state index in [9.17, 15) is 4.79 Å². The zero-order valence-electron chi connectivity index (χ0n) is 14.9. The number of carbonyl (C=O) groups is 1. The molecule has 2 aromatic carbocycles. The van der Waals surface area contributed by atoms with Crippen LogP contribution in [-0.4, -0.2) is 35.6 Å². The lowest BCUT2D eigenvalue weighted by Crippen LogP contribution is -2.41. The number of nitrogens with zero attached hydrogens (tertiary/aromatic N) is 2. The van der Waals surface area contributed by atoms with Crippen molar-refractivity contribution < 1.29 is 9.53 Å². The number of nitrogens with one attached hydrogen (secondary N) is 1. The SMILES string of the molecule is CCN(Cc1ccccc1)C(=O)NCCOc1ccc2ncccc2c1. The largest absolute Gasteiger partial charge is 0.492 e. The molecule has 3 rings (SSSR count). The van der Waals surface area contributed by atoms with E-state index < -0.39 is 0 Å². The van der Waals surface area contributed by atoms with Crippen molar-refractivity contribution >= 4 is 16.9 Å². The van der Waals surface area contributed by atoms with Gasteiger partial charge in [0, 0.05) is 24.7 Å². The number of urea groups is 1. The number of ether oxygens (including phenoxy) is 1. The number of hydrogen-bond donors (Lipinski definition) is 1. The van der Waals surface area contributed by atoms with E-state index in [0.29, 0.717) is 26.2 Å². The average Bonchev–Trinajstić information content (AvgIpc) is 2.70. The van der Waals surface area contributed by atoms with Crippen LogP contribution in [0.5, 0.6) is 5.75 Å². The van der Waals surface area contributed by atoms with Crippen molar-refractivity contribution in [1.82, 2.24) is 15.2 Å². The number of hydrogen-bond acceptors (Lipinski definition) is 3. The molecular weight excluding hydrogens is 326 g/mol. The van der Waals surface area contributed by atoms with Crippen molar-refractivity contribution in [2.45, 2.75) is 13.5 Å². The van der Waals surface area contributed by atoms with Crippen LogP contribution in [0.25, 0.3) is 10.9 Å². The monoisotopic (exact) mass is 349 g/mol. The number of pyridine rings is 1. The van der Waals surface area contributed by atoms with Crippen LogP contribution in [0, 0.1) is 0 Å². The van der Waals surface area contributed by atoms with Crippen LogP contribution < -0.4 is 10.1 Å². The van der Waals surface area contributed by atoms with Gasteiger partial charge in [-0.25, -0.2) is 4.79 Å². The van der Waals surface area contributed by atoms with E-state index >= 15 is 0 Å². The maximum absolute atomic E-state index is 12.3. The fourth-order valence-corrected chi connectivity index (χ4v) is 2.71. The van der Waals surface area contributed by atoms with Crippen LogP contribution in [-0.2, 0) is 6.54 Å². The van der Waals surface area contributed by atoms with Crippen molar-refractivity contribution in [3.8, 4) is 5.75 Å². The molecule has 0 aliphatic carbocycles. The van der Waals surface area contributed by atoms with Crippen molar-refractivity contribution in [3.63, 3.8) is 0 Å². The van der Waals surface area contributed by atoms with Gasteiger partial charge in [-0.2, -0.15) is 0 Å². The molecule has 0 unspecified atom stereocenters. The number of benzene rings is 2. The Kier molecular flexibility index (Phi) is 6.04. The third kappa shape index (κ3) is 4.72. The van der Waals surface area contributed by atoms with E-state index in [4.69, 9.17) is 4.74 Å². The smallest absolute Gasteiger partial charge is 0.317 e. The lowest BCUT2D eigenvalue weighted by atomic mass is 10.2. The Morgan fingerprint density at radius 3 is 2.77 bits per heavy atom. The molecule has 0 aliphatic rings. The van der Waals surface area contributed by atoms with Crippen molar-refractivity contribution in [3.05, 3.63) is 72.4 Å². The quantitative estimate of drug-likeness (QED) is 0.659. The molecule has 0 radical (unpaired) electrons. The van der Waals surface area contributed by atoms with Gasteiger partial charge in [0.15, 0.2) is 0 Å². The molecule has 5 nitrogen and oxygen atoms in total.